The van der Waals surface area contributed by atoms with Gasteiger partial charge < -0.3 is 15.8 Å². The van der Waals surface area contributed by atoms with E-state index in [9.17, 15) is 4.79 Å². The van der Waals surface area contributed by atoms with E-state index in [4.69, 9.17) is 10.9 Å². The number of aliphatic carboxylic acids is 1. The molecule has 1 aliphatic rings. The minimum atomic E-state index is -0.764. The molecule has 1 saturated heterocycles. The Morgan fingerprint density at radius 3 is 3.14 bits per heavy atom. The van der Waals surface area contributed by atoms with Crippen LogP contribution in [0.1, 0.15) is 12.8 Å². The van der Waals surface area contributed by atoms with E-state index in [1.165, 1.54) is 6.34 Å². The van der Waals surface area contributed by atoms with Crippen molar-refractivity contribution in [2.24, 2.45) is 16.8 Å². The topological polar surface area (TPSA) is 99.7 Å². The first kappa shape index (κ1) is 10.9. The van der Waals surface area contributed by atoms with Gasteiger partial charge in [0.2, 0.25) is 0 Å². The molecule has 80 valence electrons. The molecule has 1 fully saturated rings. The quantitative estimate of drug-likeness (QED) is 0.196. The lowest BCUT2D eigenvalue weighted by Crippen LogP contribution is -2.29. The first-order chi connectivity index (χ1) is 6.74. The van der Waals surface area contributed by atoms with Crippen LogP contribution in [0.25, 0.3) is 0 Å². The number of aliphatic imine (C=N–C) groups is 1. The number of carboxylic acid groups (broad SMARTS) is 1. The van der Waals surface area contributed by atoms with Gasteiger partial charge in [-0.05, 0) is 25.3 Å². The van der Waals surface area contributed by atoms with Crippen molar-refractivity contribution in [1.29, 1.82) is 0 Å². The zero-order chi connectivity index (χ0) is 10.4. The maximum Gasteiger partial charge on any atom is 0.320 e. The molecular formula is C8H16N4O2. The smallest absolute Gasteiger partial charge is 0.320 e. The third-order valence-electron chi connectivity index (χ3n) is 2.35. The normalized spacial score (nSPS) is 26.9. The van der Waals surface area contributed by atoms with Crippen LogP contribution in [0, 0.1) is 5.92 Å². The second-order valence-electron chi connectivity index (χ2n) is 3.39. The zero-order valence-corrected chi connectivity index (χ0v) is 7.94. The number of nitrogens with two attached hydrogens (primary N) is 1. The molecule has 1 heterocycles. The van der Waals surface area contributed by atoms with E-state index >= 15 is 0 Å². The molecule has 14 heavy (non-hydrogen) atoms. The Balaban J connectivity index is 2.16. The van der Waals surface area contributed by atoms with Crippen molar-refractivity contribution in [2.45, 2.75) is 18.9 Å². The van der Waals surface area contributed by atoms with Gasteiger partial charge in [-0.3, -0.25) is 9.79 Å². The molecule has 0 spiro atoms. The molecule has 1 aliphatic heterocycles. The molecule has 0 bridgehead atoms. The van der Waals surface area contributed by atoms with E-state index in [1.54, 1.807) is 0 Å². The SMILES string of the molecule is NNC=NCC[C@H]1CN[C@H](C(=O)O)C1. The Bertz CT molecular complexity index is 219. The van der Waals surface area contributed by atoms with E-state index in [1.807, 2.05) is 0 Å². The Hall–Kier alpha value is -1.14. The molecular weight excluding hydrogens is 184 g/mol. The monoisotopic (exact) mass is 200 g/mol. The summed E-state index contributed by atoms with van der Waals surface area (Å²) in [5.41, 5.74) is 2.32. The minimum absolute atomic E-state index is 0.378. The number of nitrogens with one attached hydrogen (secondary N) is 2. The molecule has 6 heteroatoms. The number of carbonyl (C=O) groups is 1. The molecule has 0 saturated carbocycles. The number of hydrogen-bond donors (Lipinski definition) is 4. The fraction of sp³-hybridized carbons (Fsp3) is 0.750. The number of carboxylic acids is 1. The molecule has 0 unspecified atom stereocenters. The largest absolute Gasteiger partial charge is 0.480 e. The van der Waals surface area contributed by atoms with Gasteiger partial charge in [0.15, 0.2) is 0 Å². The lowest BCUT2D eigenvalue weighted by atomic mass is 10.0. The highest BCUT2D eigenvalue weighted by Crippen LogP contribution is 2.17. The molecule has 0 aromatic carbocycles. The van der Waals surface area contributed by atoms with Gasteiger partial charge in [0, 0.05) is 6.54 Å². The van der Waals surface area contributed by atoms with Crippen LogP contribution >= 0.6 is 0 Å². The summed E-state index contributed by atoms with van der Waals surface area (Å²) in [7, 11) is 0. The molecule has 0 radical (unpaired) electrons. The van der Waals surface area contributed by atoms with Crippen molar-refractivity contribution in [2.75, 3.05) is 13.1 Å². The lowest BCUT2D eigenvalue weighted by molar-refractivity contribution is -0.139. The molecule has 0 aliphatic carbocycles. The van der Waals surface area contributed by atoms with E-state index in [0.29, 0.717) is 18.9 Å². The number of nitrogens with zero attached hydrogens (tertiary/aromatic N) is 1. The van der Waals surface area contributed by atoms with Crippen molar-refractivity contribution in [3.05, 3.63) is 0 Å². The van der Waals surface area contributed by atoms with Crippen LogP contribution in [-0.4, -0.2) is 36.5 Å². The first-order valence-corrected chi connectivity index (χ1v) is 4.64. The predicted octanol–water partition coefficient (Wildman–Crippen LogP) is -1.07. The van der Waals surface area contributed by atoms with E-state index in [2.05, 4.69) is 15.7 Å². The Labute approximate surface area is 82.5 Å². The average Bonchev–Trinajstić information content (AvgIpc) is 2.61. The van der Waals surface area contributed by atoms with Gasteiger partial charge in [-0.15, -0.1) is 0 Å². The molecule has 0 aromatic heterocycles. The van der Waals surface area contributed by atoms with E-state index in [0.717, 1.165) is 13.0 Å². The van der Waals surface area contributed by atoms with Gasteiger partial charge >= 0.3 is 5.97 Å². The number of rotatable bonds is 5. The third kappa shape index (κ3) is 3.31. The second kappa shape index (κ2) is 5.56. The maximum atomic E-state index is 10.6. The van der Waals surface area contributed by atoms with Gasteiger partial charge in [-0.25, -0.2) is 5.84 Å². The van der Waals surface area contributed by atoms with Crippen molar-refractivity contribution in [3.63, 3.8) is 0 Å². The highest BCUT2D eigenvalue weighted by atomic mass is 16.4. The maximum absolute atomic E-state index is 10.6. The minimum Gasteiger partial charge on any atom is -0.480 e. The zero-order valence-electron chi connectivity index (χ0n) is 7.94. The Morgan fingerprint density at radius 1 is 1.79 bits per heavy atom. The van der Waals surface area contributed by atoms with Crippen LogP contribution in [0.2, 0.25) is 0 Å². The van der Waals surface area contributed by atoms with Crippen molar-refractivity contribution >= 4 is 12.3 Å². The van der Waals surface area contributed by atoms with Crippen LogP contribution in [0.3, 0.4) is 0 Å². The summed E-state index contributed by atoms with van der Waals surface area (Å²) in [5, 5.41) is 11.7. The summed E-state index contributed by atoms with van der Waals surface area (Å²) >= 11 is 0. The number of hydrazine groups is 1. The van der Waals surface area contributed by atoms with Gasteiger partial charge in [0.05, 0.1) is 6.34 Å². The van der Waals surface area contributed by atoms with E-state index < -0.39 is 5.97 Å². The van der Waals surface area contributed by atoms with Crippen molar-refractivity contribution < 1.29 is 9.90 Å². The van der Waals surface area contributed by atoms with Crippen LogP contribution in [0.4, 0.5) is 0 Å². The van der Waals surface area contributed by atoms with Crippen LogP contribution < -0.4 is 16.6 Å². The summed E-state index contributed by atoms with van der Waals surface area (Å²) in [6, 6.07) is -0.378. The van der Waals surface area contributed by atoms with Gasteiger partial charge in [0.1, 0.15) is 6.04 Å². The van der Waals surface area contributed by atoms with Crippen LogP contribution in [0.5, 0.6) is 0 Å². The average molecular weight is 200 g/mol. The molecule has 0 aromatic rings. The highest BCUT2D eigenvalue weighted by molar-refractivity contribution is 5.73. The summed E-state index contributed by atoms with van der Waals surface area (Å²) in [4.78, 5) is 14.6. The fourth-order valence-corrected chi connectivity index (χ4v) is 1.59. The standard InChI is InChI=1S/C8H16N4O2/c9-12-5-10-2-1-6-3-7(8(13)14)11-4-6/h5-7,11H,1-4,9H2,(H,10,12)(H,13,14)/t6-,7+/m1/s1. The highest BCUT2D eigenvalue weighted by Gasteiger charge is 2.28. The fourth-order valence-electron chi connectivity index (χ4n) is 1.59. The Morgan fingerprint density at radius 2 is 2.57 bits per heavy atom. The molecule has 2 atom stereocenters. The third-order valence-corrected chi connectivity index (χ3v) is 2.35. The summed E-state index contributed by atoms with van der Waals surface area (Å²) < 4.78 is 0. The second-order valence-corrected chi connectivity index (χ2v) is 3.39. The molecule has 6 nitrogen and oxygen atoms in total. The molecule has 5 N–H and O–H groups in total. The van der Waals surface area contributed by atoms with Crippen molar-refractivity contribution in [1.82, 2.24) is 10.7 Å². The first-order valence-electron chi connectivity index (χ1n) is 4.64. The van der Waals surface area contributed by atoms with Crippen LogP contribution in [0.15, 0.2) is 4.99 Å². The van der Waals surface area contributed by atoms with Crippen LogP contribution in [-0.2, 0) is 4.79 Å². The molecule has 0 amide bonds. The summed E-state index contributed by atoms with van der Waals surface area (Å²) in [6.45, 7) is 1.45. The van der Waals surface area contributed by atoms with Crippen molar-refractivity contribution in [3.8, 4) is 0 Å². The van der Waals surface area contributed by atoms with E-state index in [-0.39, 0.29) is 6.04 Å². The molecule has 1 rings (SSSR count). The summed E-state index contributed by atoms with van der Waals surface area (Å²) in [5.74, 6) is 4.64. The summed E-state index contributed by atoms with van der Waals surface area (Å²) in [6.07, 6.45) is 3.03. The predicted molar refractivity (Wildman–Crippen MR) is 52.8 cm³/mol. The van der Waals surface area contributed by atoms with Gasteiger partial charge in [0.25, 0.3) is 0 Å². The van der Waals surface area contributed by atoms with Gasteiger partial charge in [-0.2, -0.15) is 0 Å². The Kier molecular flexibility index (Phi) is 4.34. The lowest BCUT2D eigenvalue weighted by Gasteiger charge is -2.04. The van der Waals surface area contributed by atoms with Gasteiger partial charge in [-0.1, -0.05) is 0 Å². The number of hydrogen-bond acceptors (Lipinski definition) is 4.